The van der Waals surface area contributed by atoms with Crippen molar-refractivity contribution in [3.8, 4) is 11.4 Å². The van der Waals surface area contributed by atoms with Gasteiger partial charge in [0.15, 0.2) is 5.82 Å². The molecule has 1 aromatic heterocycles. The molecule has 0 bridgehead atoms. The molecule has 3 rings (SSSR count). The lowest BCUT2D eigenvalue weighted by atomic mass is 10.1. The summed E-state index contributed by atoms with van der Waals surface area (Å²) in [4.78, 5) is 4.47. The number of hydrogen-bond acceptors (Lipinski definition) is 3. The van der Waals surface area contributed by atoms with E-state index < -0.39 is 0 Å². The second kappa shape index (κ2) is 8.41. The first-order valence-corrected chi connectivity index (χ1v) is 9.29. The molecule has 5 heteroatoms. The second-order valence-electron chi connectivity index (χ2n) is 6.03. The predicted octanol–water partition coefficient (Wildman–Crippen LogP) is 5.26. The van der Waals surface area contributed by atoms with Crippen LogP contribution in [-0.4, -0.2) is 20.9 Å². The predicted molar refractivity (Wildman–Crippen MR) is 103 cm³/mol. The van der Waals surface area contributed by atoms with Gasteiger partial charge in [0.25, 0.3) is 0 Å². The van der Waals surface area contributed by atoms with Gasteiger partial charge in [0, 0.05) is 10.0 Å². The van der Waals surface area contributed by atoms with E-state index in [0.29, 0.717) is 6.61 Å². The summed E-state index contributed by atoms with van der Waals surface area (Å²) in [6, 6.07) is 18.4. The largest absolute Gasteiger partial charge is 0.372 e. The van der Waals surface area contributed by atoms with Crippen molar-refractivity contribution in [1.82, 2.24) is 14.8 Å². The van der Waals surface area contributed by atoms with Crippen LogP contribution in [0.25, 0.3) is 11.4 Å². The van der Waals surface area contributed by atoms with E-state index >= 15 is 0 Å². The monoisotopic (exact) mass is 399 g/mol. The van der Waals surface area contributed by atoms with Crippen LogP contribution in [0.3, 0.4) is 0 Å². The minimum atomic E-state index is 0.0460. The van der Waals surface area contributed by atoms with Gasteiger partial charge < -0.3 is 4.74 Å². The third-order valence-corrected chi connectivity index (χ3v) is 4.80. The van der Waals surface area contributed by atoms with E-state index in [2.05, 4.69) is 52.0 Å². The van der Waals surface area contributed by atoms with Gasteiger partial charge in [0.05, 0.1) is 18.8 Å². The summed E-state index contributed by atoms with van der Waals surface area (Å²) in [7, 11) is 0. The molecule has 2 atom stereocenters. The van der Waals surface area contributed by atoms with Crippen LogP contribution in [0, 0.1) is 0 Å². The molecule has 0 radical (unpaired) electrons. The maximum absolute atomic E-state index is 6.07. The lowest BCUT2D eigenvalue weighted by Gasteiger charge is -2.23. The van der Waals surface area contributed by atoms with Crippen LogP contribution in [0.4, 0.5) is 0 Å². The Balaban J connectivity index is 1.69. The van der Waals surface area contributed by atoms with Gasteiger partial charge in [-0.15, -0.1) is 0 Å². The average molecular weight is 400 g/mol. The molecule has 0 spiro atoms. The van der Waals surface area contributed by atoms with Gasteiger partial charge in [-0.1, -0.05) is 65.3 Å². The van der Waals surface area contributed by atoms with Crippen molar-refractivity contribution >= 4 is 15.9 Å². The normalized spacial score (nSPS) is 13.6. The van der Waals surface area contributed by atoms with Gasteiger partial charge in [-0.3, -0.25) is 0 Å². The van der Waals surface area contributed by atoms with E-state index in [4.69, 9.17) is 4.74 Å². The smallest absolute Gasteiger partial charge is 0.181 e. The fourth-order valence-corrected chi connectivity index (χ4v) is 3.08. The van der Waals surface area contributed by atoms with Gasteiger partial charge in [0.1, 0.15) is 6.33 Å². The van der Waals surface area contributed by atoms with Gasteiger partial charge in [-0.2, -0.15) is 5.10 Å². The molecule has 0 amide bonds. The average Bonchev–Trinajstić information content (AvgIpc) is 3.12. The van der Waals surface area contributed by atoms with Gasteiger partial charge >= 0.3 is 0 Å². The maximum atomic E-state index is 6.07. The fraction of sp³-hybridized carbons (Fsp3) is 0.300. The highest BCUT2D eigenvalue weighted by molar-refractivity contribution is 9.10. The second-order valence-corrected chi connectivity index (χ2v) is 6.95. The molecule has 0 saturated heterocycles. The third-order valence-electron chi connectivity index (χ3n) is 4.27. The van der Waals surface area contributed by atoms with Crippen LogP contribution in [0.15, 0.2) is 65.4 Å². The summed E-state index contributed by atoms with van der Waals surface area (Å²) in [6.07, 6.45) is 2.78. The summed E-state index contributed by atoms with van der Waals surface area (Å²) in [6.45, 7) is 4.85. The Hall–Kier alpha value is -1.98. The lowest BCUT2D eigenvalue weighted by molar-refractivity contribution is 0.0128. The van der Waals surface area contributed by atoms with E-state index in [-0.39, 0.29) is 12.1 Å². The Morgan fingerprint density at radius 1 is 1.08 bits per heavy atom. The zero-order valence-corrected chi connectivity index (χ0v) is 16.1. The Labute approximate surface area is 157 Å². The molecule has 0 N–H and O–H groups in total. The maximum Gasteiger partial charge on any atom is 0.181 e. The molecule has 3 aromatic rings. The number of aromatic nitrogens is 3. The van der Waals surface area contributed by atoms with Crippen LogP contribution in [0.1, 0.15) is 31.9 Å². The summed E-state index contributed by atoms with van der Waals surface area (Å²) >= 11 is 3.45. The zero-order chi connectivity index (χ0) is 17.6. The molecule has 1 unspecified atom stereocenters. The molecule has 130 valence electrons. The molecule has 2 aromatic carbocycles. The van der Waals surface area contributed by atoms with Crippen LogP contribution in [-0.2, 0) is 11.3 Å². The van der Waals surface area contributed by atoms with Crippen molar-refractivity contribution in [1.29, 1.82) is 0 Å². The Bertz CT molecular complexity index is 786. The Morgan fingerprint density at radius 3 is 2.48 bits per heavy atom. The van der Waals surface area contributed by atoms with Gasteiger partial charge in [0.2, 0.25) is 0 Å². The first-order valence-electron chi connectivity index (χ1n) is 8.50. The van der Waals surface area contributed by atoms with E-state index in [1.165, 1.54) is 5.56 Å². The number of ether oxygens (including phenoxy) is 1. The highest BCUT2D eigenvalue weighted by atomic mass is 79.9. The van der Waals surface area contributed by atoms with E-state index in [1.54, 1.807) is 6.33 Å². The van der Waals surface area contributed by atoms with Crippen LogP contribution in [0.5, 0.6) is 0 Å². The molecular weight excluding hydrogens is 378 g/mol. The van der Waals surface area contributed by atoms with E-state index in [0.717, 1.165) is 22.3 Å². The van der Waals surface area contributed by atoms with Gasteiger partial charge in [-0.05, 0) is 31.0 Å². The van der Waals surface area contributed by atoms with Crippen LogP contribution in [0.2, 0.25) is 0 Å². The Morgan fingerprint density at radius 2 is 1.80 bits per heavy atom. The lowest BCUT2D eigenvalue weighted by Crippen LogP contribution is -2.24. The molecule has 25 heavy (non-hydrogen) atoms. The number of halogens is 1. The number of nitrogens with zero attached hydrogens (tertiary/aromatic N) is 3. The van der Waals surface area contributed by atoms with Crippen molar-refractivity contribution in [2.24, 2.45) is 0 Å². The molecule has 1 heterocycles. The molecule has 0 aliphatic carbocycles. The Kier molecular flexibility index (Phi) is 6.00. The van der Waals surface area contributed by atoms with Crippen LogP contribution < -0.4 is 0 Å². The van der Waals surface area contributed by atoms with Crippen molar-refractivity contribution < 1.29 is 4.74 Å². The summed E-state index contributed by atoms with van der Waals surface area (Å²) in [5, 5.41) is 4.67. The van der Waals surface area contributed by atoms with E-state index in [9.17, 15) is 0 Å². The minimum absolute atomic E-state index is 0.0460. The molecular formula is C20H22BrN3O. The first kappa shape index (κ1) is 17.8. The minimum Gasteiger partial charge on any atom is -0.372 e. The highest BCUT2D eigenvalue weighted by Crippen LogP contribution is 2.22. The molecule has 0 aliphatic rings. The standard InChI is InChI=1S/C20H22BrN3O/c1-3-19(15(2)25-13-16-7-5-4-6-8-16)24-14-22-20(23-24)17-9-11-18(21)12-10-17/h4-12,14-15,19H,3,13H2,1-2H3/t15-,19?/m0/s1. The summed E-state index contributed by atoms with van der Waals surface area (Å²) in [5.74, 6) is 0.737. The third kappa shape index (κ3) is 4.55. The summed E-state index contributed by atoms with van der Waals surface area (Å²) in [5.41, 5.74) is 2.19. The van der Waals surface area contributed by atoms with Crippen molar-refractivity contribution in [3.63, 3.8) is 0 Å². The first-order chi connectivity index (χ1) is 12.2. The number of hydrogen-bond donors (Lipinski definition) is 0. The molecule has 0 saturated carbocycles. The topological polar surface area (TPSA) is 39.9 Å². The molecule has 0 fully saturated rings. The molecule has 0 aliphatic heterocycles. The van der Waals surface area contributed by atoms with Crippen LogP contribution >= 0.6 is 15.9 Å². The fourth-order valence-electron chi connectivity index (χ4n) is 2.81. The van der Waals surface area contributed by atoms with Crippen molar-refractivity contribution in [2.45, 2.75) is 39.0 Å². The van der Waals surface area contributed by atoms with Crippen molar-refractivity contribution in [3.05, 3.63) is 71.0 Å². The number of rotatable bonds is 7. The quantitative estimate of drug-likeness (QED) is 0.543. The van der Waals surface area contributed by atoms with E-state index in [1.807, 2.05) is 47.1 Å². The molecule has 4 nitrogen and oxygen atoms in total. The highest BCUT2D eigenvalue weighted by Gasteiger charge is 2.20. The summed E-state index contributed by atoms with van der Waals surface area (Å²) < 4.78 is 9.04. The van der Waals surface area contributed by atoms with Gasteiger partial charge in [-0.25, -0.2) is 9.67 Å². The number of benzene rings is 2. The van der Waals surface area contributed by atoms with Crippen molar-refractivity contribution in [2.75, 3.05) is 0 Å². The SMILES string of the molecule is CCC([C@H](C)OCc1ccccc1)n1cnc(-c2ccc(Br)cc2)n1. The zero-order valence-electron chi connectivity index (χ0n) is 14.5.